The first-order valence-electron chi connectivity index (χ1n) is 5.71. The van der Waals surface area contributed by atoms with E-state index in [9.17, 15) is 13.2 Å². The first-order valence-corrected chi connectivity index (χ1v) is 7.53. The molecule has 0 aliphatic rings. The standard InChI is InChI=1S/C12H18N2O3S/c1-3-7-18(16,17)8-12(15)14-11-6-4-5-10(13)9(11)2/h4-6H,3,7-8,13H2,1-2H3,(H,14,15). The van der Waals surface area contributed by atoms with Gasteiger partial charge in [-0.25, -0.2) is 8.42 Å². The Bertz CT molecular complexity index is 538. The Hall–Kier alpha value is -1.56. The summed E-state index contributed by atoms with van der Waals surface area (Å²) < 4.78 is 23.0. The lowest BCUT2D eigenvalue weighted by Gasteiger charge is -2.10. The van der Waals surface area contributed by atoms with Crippen LogP contribution in [0.15, 0.2) is 18.2 Å². The third-order valence-electron chi connectivity index (χ3n) is 2.52. The van der Waals surface area contributed by atoms with Crippen LogP contribution >= 0.6 is 0 Å². The number of hydrogen-bond donors (Lipinski definition) is 2. The molecule has 18 heavy (non-hydrogen) atoms. The Morgan fingerprint density at radius 2 is 2.06 bits per heavy atom. The molecule has 0 fully saturated rings. The van der Waals surface area contributed by atoms with Gasteiger partial charge in [0.1, 0.15) is 5.75 Å². The van der Waals surface area contributed by atoms with Crippen molar-refractivity contribution in [2.75, 3.05) is 22.6 Å². The molecule has 0 unspecified atom stereocenters. The van der Waals surface area contributed by atoms with Crippen LogP contribution in [0.5, 0.6) is 0 Å². The van der Waals surface area contributed by atoms with Crippen LogP contribution in [-0.4, -0.2) is 25.8 Å². The first kappa shape index (κ1) is 14.5. The smallest absolute Gasteiger partial charge is 0.239 e. The van der Waals surface area contributed by atoms with Crippen molar-refractivity contribution >= 4 is 27.1 Å². The van der Waals surface area contributed by atoms with Gasteiger partial charge in [0.05, 0.1) is 5.75 Å². The zero-order valence-corrected chi connectivity index (χ0v) is 11.4. The van der Waals surface area contributed by atoms with Gasteiger partial charge >= 0.3 is 0 Å². The van der Waals surface area contributed by atoms with Crippen LogP contribution < -0.4 is 11.1 Å². The van der Waals surface area contributed by atoms with Crippen LogP contribution in [0.3, 0.4) is 0 Å². The molecule has 1 amide bonds. The maximum atomic E-state index is 11.6. The molecule has 0 saturated heterocycles. The summed E-state index contributed by atoms with van der Waals surface area (Å²) >= 11 is 0. The van der Waals surface area contributed by atoms with E-state index >= 15 is 0 Å². The number of hydrogen-bond acceptors (Lipinski definition) is 4. The Balaban J connectivity index is 2.74. The predicted molar refractivity (Wildman–Crippen MR) is 73.2 cm³/mol. The predicted octanol–water partition coefficient (Wildman–Crippen LogP) is 1.34. The third kappa shape index (κ3) is 4.03. The van der Waals surface area contributed by atoms with E-state index in [0.29, 0.717) is 17.8 Å². The molecule has 0 saturated carbocycles. The van der Waals surface area contributed by atoms with Crippen LogP contribution in [-0.2, 0) is 14.6 Å². The number of carbonyl (C=O) groups excluding carboxylic acids is 1. The van der Waals surface area contributed by atoms with E-state index in [0.717, 1.165) is 5.56 Å². The monoisotopic (exact) mass is 270 g/mol. The minimum Gasteiger partial charge on any atom is -0.398 e. The van der Waals surface area contributed by atoms with Gasteiger partial charge in [-0.15, -0.1) is 0 Å². The lowest BCUT2D eigenvalue weighted by atomic mass is 10.1. The Morgan fingerprint density at radius 3 is 2.67 bits per heavy atom. The molecule has 0 aliphatic heterocycles. The number of carbonyl (C=O) groups is 1. The van der Waals surface area contributed by atoms with Crippen molar-refractivity contribution in [3.05, 3.63) is 23.8 Å². The van der Waals surface area contributed by atoms with Gasteiger partial charge < -0.3 is 11.1 Å². The Kier molecular flexibility index (Phi) is 4.72. The zero-order chi connectivity index (χ0) is 13.8. The molecule has 1 aromatic rings. The third-order valence-corrected chi connectivity index (χ3v) is 4.25. The number of anilines is 2. The van der Waals surface area contributed by atoms with Crippen molar-refractivity contribution < 1.29 is 13.2 Å². The number of nitrogens with two attached hydrogens (primary N) is 1. The van der Waals surface area contributed by atoms with E-state index in [4.69, 9.17) is 5.73 Å². The molecule has 3 N–H and O–H groups in total. The average Bonchev–Trinajstić information content (AvgIpc) is 2.23. The number of nitrogen functional groups attached to an aromatic ring is 1. The fraction of sp³-hybridized carbons (Fsp3) is 0.417. The highest BCUT2D eigenvalue weighted by Crippen LogP contribution is 2.20. The Labute approximate surface area is 107 Å². The largest absolute Gasteiger partial charge is 0.398 e. The number of nitrogens with one attached hydrogen (secondary N) is 1. The summed E-state index contributed by atoms with van der Waals surface area (Å²) in [5.74, 6) is -0.997. The van der Waals surface area contributed by atoms with E-state index in [2.05, 4.69) is 5.32 Å². The van der Waals surface area contributed by atoms with Gasteiger partial charge in [-0.05, 0) is 31.0 Å². The summed E-state index contributed by atoms with van der Waals surface area (Å²) in [5.41, 5.74) is 7.54. The highest BCUT2D eigenvalue weighted by atomic mass is 32.2. The highest BCUT2D eigenvalue weighted by molar-refractivity contribution is 7.92. The molecule has 6 heteroatoms. The van der Waals surface area contributed by atoms with E-state index in [1.807, 2.05) is 0 Å². The van der Waals surface area contributed by atoms with Crippen LogP contribution in [0.25, 0.3) is 0 Å². The minimum absolute atomic E-state index is 0.0241. The Morgan fingerprint density at radius 1 is 1.39 bits per heavy atom. The number of benzene rings is 1. The zero-order valence-electron chi connectivity index (χ0n) is 10.6. The van der Waals surface area contributed by atoms with Crippen molar-refractivity contribution in [3.63, 3.8) is 0 Å². The second-order valence-corrected chi connectivity index (χ2v) is 6.34. The highest BCUT2D eigenvalue weighted by Gasteiger charge is 2.16. The van der Waals surface area contributed by atoms with Crippen molar-refractivity contribution in [2.45, 2.75) is 20.3 Å². The average molecular weight is 270 g/mol. The molecule has 0 spiro atoms. The molecule has 5 nitrogen and oxygen atoms in total. The van der Waals surface area contributed by atoms with Crippen LogP contribution in [0.1, 0.15) is 18.9 Å². The van der Waals surface area contributed by atoms with Gasteiger partial charge in [0.2, 0.25) is 5.91 Å². The maximum Gasteiger partial charge on any atom is 0.239 e. The normalized spacial score (nSPS) is 11.2. The second-order valence-electron chi connectivity index (χ2n) is 4.16. The number of rotatable bonds is 5. The molecular weight excluding hydrogens is 252 g/mol. The molecule has 1 rings (SSSR count). The molecule has 1 aromatic carbocycles. The quantitative estimate of drug-likeness (QED) is 0.790. The lowest BCUT2D eigenvalue weighted by Crippen LogP contribution is -2.24. The van der Waals surface area contributed by atoms with Crippen molar-refractivity contribution in [2.24, 2.45) is 0 Å². The molecule has 100 valence electrons. The molecule has 0 radical (unpaired) electrons. The van der Waals surface area contributed by atoms with Gasteiger partial charge in [-0.2, -0.15) is 0 Å². The number of amides is 1. The van der Waals surface area contributed by atoms with Gasteiger partial charge in [0.15, 0.2) is 9.84 Å². The second kappa shape index (κ2) is 5.86. The van der Waals surface area contributed by atoms with Gasteiger partial charge in [0.25, 0.3) is 0 Å². The van der Waals surface area contributed by atoms with Crippen LogP contribution in [0.2, 0.25) is 0 Å². The summed E-state index contributed by atoms with van der Waals surface area (Å²) in [4.78, 5) is 11.6. The molecule has 0 aromatic heterocycles. The van der Waals surface area contributed by atoms with Crippen LogP contribution in [0.4, 0.5) is 11.4 Å². The molecule has 0 atom stereocenters. The van der Waals surface area contributed by atoms with E-state index in [1.54, 1.807) is 32.0 Å². The topological polar surface area (TPSA) is 89.3 Å². The summed E-state index contributed by atoms with van der Waals surface area (Å²) in [7, 11) is -3.32. The summed E-state index contributed by atoms with van der Waals surface area (Å²) in [6.45, 7) is 3.53. The van der Waals surface area contributed by atoms with Crippen molar-refractivity contribution in [1.29, 1.82) is 0 Å². The lowest BCUT2D eigenvalue weighted by molar-refractivity contribution is -0.113. The summed E-state index contributed by atoms with van der Waals surface area (Å²) in [6.07, 6.45) is 0.507. The minimum atomic E-state index is -3.32. The fourth-order valence-corrected chi connectivity index (χ4v) is 2.80. The van der Waals surface area contributed by atoms with E-state index in [1.165, 1.54) is 0 Å². The van der Waals surface area contributed by atoms with Gasteiger partial charge in [-0.3, -0.25) is 4.79 Å². The fourth-order valence-electron chi connectivity index (χ4n) is 1.56. The molecule has 0 aliphatic carbocycles. The van der Waals surface area contributed by atoms with E-state index < -0.39 is 21.5 Å². The number of sulfone groups is 1. The first-order chi connectivity index (χ1) is 8.35. The van der Waals surface area contributed by atoms with Crippen LogP contribution in [0, 0.1) is 6.92 Å². The van der Waals surface area contributed by atoms with Crippen molar-refractivity contribution in [1.82, 2.24) is 0 Å². The van der Waals surface area contributed by atoms with Gasteiger partial charge in [0, 0.05) is 11.4 Å². The molecule has 0 heterocycles. The maximum absolute atomic E-state index is 11.6. The van der Waals surface area contributed by atoms with Gasteiger partial charge in [-0.1, -0.05) is 13.0 Å². The molecule has 0 bridgehead atoms. The molecular formula is C12H18N2O3S. The summed E-state index contributed by atoms with van der Waals surface area (Å²) in [6, 6.07) is 5.12. The summed E-state index contributed by atoms with van der Waals surface area (Å²) in [5, 5.41) is 2.57. The van der Waals surface area contributed by atoms with E-state index in [-0.39, 0.29) is 5.75 Å². The van der Waals surface area contributed by atoms with Crippen molar-refractivity contribution in [3.8, 4) is 0 Å². The SMILES string of the molecule is CCCS(=O)(=O)CC(=O)Nc1cccc(N)c1C.